The summed E-state index contributed by atoms with van der Waals surface area (Å²) in [5.41, 5.74) is 0.510. The van der Waals surface area contributed by atoms with E-state index in [-0.39, 0.29) is 18.2 Å². The van der Waals surface area contributed by atoms with Crippen molar-refractivity contribution < 1.29 is 18.7 Å². The summed E-state index contributed by atoms with van der Waals surface area (Å²) in [6.07, 6.45) is 3.17. The lowest BCUT2D eigenvalue weighted by Crippen LogP contribution is -2.37. The van der Waals surface area contributed by atoms with E-state index in [1.54, 1.807) is 18.1 Å². The molecule has 6 heteroatoms. The van der Waals surface area contributed by atoms with Crippen molar-refractivity contribution in [2.24, 2.45) is 5.92 Å². The molecule has 0 radical (unpaired) electrons. The van der Waals surface area contributed by atoms with Gasteiger partial charge in [0.15, 0.2) is 0 Å². The first-order valence-electron chi connectivity index (χ1n) is 7.11. The molecule has 0 fully saturated rings. The first kappa shape index (κ1) is 17.2. The van der Waals surface area contributed by atoms with Crippen LogP contribution in [0, 0.1) is 5.92 Å². The number of furan rings is 1. The van der Waals surface area contributed by atoms with Gasteiger partial charge in [0.1, 0.15) is 6.26 Å². The Morgan fingerprint density at radius 1 is 1.43 bits per heavy atom. The van der Waals surface area contributed by atoms with E-state index in [0.29, 0.717) is 37.7 Å². The molecule has 0 aliphatic heterocycles. The second-order valence-electron chi connectivity index (χ2n) is 5.25. The molecule has 1 aromatic rings. The predicted octanol–water partition coefficient (Wildman–Crippen LogP) is 1.53. The van der Waals surface area contributed by atoms with Gasteiger partial charge in [0.05, 0.1) is 18.4 Å². The Balaban J connectivity index is 2.50. The first-order valence-corrected chi connectivity index (χ1v) is 7.11. The molecular formula is C15H24N2O4. The molecule has 6 nitrogen and oxygen atoms in total. The fraction of sp³-hybridized carbons (Fsp3) is 0.600. The van der Waals surface area contributed by atoms with Gasteiger partial charge in [0, 0.05) is 33.2 Å². The smallest absolute Gasteiger partial charge is 0.257 e. The van der Waals surface area contributed by atoms with Crippen molar-refractivity contribution >= 4 is 11.8 Å². The van der Waals surface area contributed by atoms with Crippen molar-refractivity contribution in [2.75, 3.05) is 33.4 Å². The van der Waals surface area contributed by atoms with E-state index in [9.17, 15) is 9.59 Å². The van der Waals surface area contributed by atoms with Gasteiger partial charge in [-0.05, 0) is 12.0 Å². The molecule has 2 amide bonds. The number of hydrogen-bond donors (Lipinski definition) is 1. The van der Waals surface area contributed by atoms with Gasteiger partial charge in [-0.25, -0.2) is 0 Å². The Morgan fingerprint density at radius 2 is 2.19 bits per heavy atom. The number of rotatable bonds is 9. The number of ether oxygens (including phenoxy) is 1. The van der Waals surface area contributed by atoms with Gasteiger partial charge in [-0.1, -0.05) is 13.8 Å². The largest absolute Gasteiger partial charge is 0.472 e. The van der Waals surface area contributed by atoms with Crippen LogP contribution in [0.4, 0.5) is 0 Å². The second-order valence-corrected chi connectivity index (χ2v) is 5.25. The molecule has 0 unspecified atom stereocenters. The van der Waals surface area contributed by atoms with Crippen LogP contribution in [0.3, 0.4) is 0 Å². The lowest BCUT2D eigenvalue weighted by Gasteiger charge is -2.24. The summed E-state index contributed by atoms with van der Waals surface area (Å²) in [4.78, 5) is 25.7. The van der Waals surface area contributed by atoms with Crippen LogP contribution >= 0.6 is 0 Å². The van der Waals surface area contributed by atoms with Crippen LogP contribution in [0.25, 0.3) is 0 Å². The zero-order valence-electron chi connectivity index (χ0n) is 12.9. The SMILES string of the molecule is COCCNC(=O)CCN(CC(C)C)C(=O)c1ccoc1. The van der Waals surface area contributed by atoms with Crippen LogP contribution in [-0.2, 0) is 9.53 Å². The van der Waals surface area contributed by atoms with Crippen molar-refractivity contribution in [1.29, 1.82) is 0 Å². The van der Waals surface area contributed by atoms with Gasteiger partial charge in [0.25, 0.3) is 5.91 Å². The van der Waals surface area contributed by atoms with E-state index < -0.39 is 0 Å². The lowest BCUT2D eigenvalue weighted by atomic mass is 10.1. The molecule has 0 saturated carbocycles. The van der Waals surface area contributed by atoms with Crippen LogP contribution in [-0.4, -0.2) is 50.1 Å². The minimum atomic E-state index is -0.109. The summed E-state index contributed by atoms with van der Waals surface area (Å²) in [7, 11) is 1.58. The number of nitrogens with one attached hydrogen (secondary N) is 1. The Bertz CT molecular complexity index is 429. The molecule has 0 bridgehead atoms. The zero-order valence-corrected chi connectivity index (χ0v) is 12.9. The highest BCUT2D eigenvalue weighted by Gasteiger charge is 2.18. The standard InChI is InChI=1S/C15H24N2O4/c1-12(2)10-17(15(19)13-5-8-21-11-13)7-4-14(18)16-6-9-20-3/h5,8,11-12H,4,6-7,9-10H2,1-3H3,(H,16,18). The molecule has 1 heterocycles. The van der Waals surface area contributed by atoms with Crippen LogP contribution in [0.1, 0.15) is 30.6 Å². The fourth-order valence-corrected chi connectivity index (χ4v) is 1.90. The topological polar surface area (TPSA) is 71.8 Å². The van der Waals surface area contributed by atoms with Crippen LogP contribution in [0.2, 0.25) is 0 Å². The quantitative estimate of drug-likeness (QED) is 0.702. The zero-order chi connectivity index (χ0) is 15.7. The minimum absolute atomic E-state index is 0.0826. The highest BCUT2D eigenvalue weighted by molar-refractivity contribution is 5.94. The molecule has 0 aliphatic rings. The third-order valence-electron chi connectivity index (χ3n) is 2.88. The molecule has 0 saturated heterocycles. The van der Waals surface area contributed by atoms with Gasteiger partial charge in [-0.3, -0.25) is 9.59 Å². The minimum Gasteiger partial charge on any atom is -0.472 e. The van der Waals surface area contributed by atoms with Gasteiger partial charge in [-0.2, -0.15) is 0 Å². The Kier molecular flexibility index (Phi) is 7.53. The highest BCUT2D eigenvalue weighted by atomic mass is 16.5. The van der Waals surface area contributed by atoms with Crippen molar-refractivity contribution in [2.45, 2.75) is 20.3 Å². The lowest BCUT2D eigenvalue weighted by molar-refractivity contribution is -0.121. The van der Waals surface area contributed by atoms with Gasteiger partial charge < -0.3 is 19.4 Å². The molecule has 0 aliphatic carbocycles. The molecule has 1 N–H and O–H groups in total. The van der Waals surface area contributed by atoms with Crippen LogP contribution in [0.15, 0.2) is 23.0 Å². The maximum absolute atomic E-state index is 12.3. The normalized spacial score (nSPS) is 10.7. The second kappa shape index (κ2) is 9.18. The molecule has 0 aromatic carbocycles. The number of carbonyl (C=O) groups excluding carboxylic acids is 2. The third-order valence-corrected chi connectivity index (χ3v) is 2.88. The molecule has 0 spiro atoms. The summed E-state index contributed by atoms with van der Waals surface area (Å²) in [6, 6.07) is 1.63. The van der Waals surface area contributed by atoms with Crippen molar-refractivity contribution in [3.8, 4) is 0 Å². The van der Waals surface area contributed by atoms with Gasteiger partial charge in [-0.15, -0.1) is 0 Å². The molecule has 21 heavy (non-hydrogen) atoms. The van der Waals surface area contributed by atoms with Crippen LogP contribution < -0.4 is 5.32 Å². The predicted molar refractivity (Wildman–Crippen MR) is 79.0 cm³/mol. The Morgan fingerprint density at radius 3 is 2.76 bits per heavy atom. The summed E-state index contributed by atoms with van der Waals surface area (Å²) >= 11 is 0. The number of hydrogen-bond acceptors (Lipinski definition) is 4. The summed E-state index contributed by atoms with van der Waals surface area (Å²) in [5.74, 6) is 0.139. The van der Waals surface area contributed by atoms with Crippen molar-refractivity contribution in [3.05, 3.63) is 24.2 Å². The van der Waals surface area contributed by atoms with E-state index in [1.807, 2.05) is 13.8 Å². The van der Waals surface area contributed by atoms with E-state index >= 15 is 0 Å². The maximum Gasteiger partial charge on any atom is 0.257 e. The average Bonchev–Trinajstić information content (AvgIpc) is 2.96. The fourth-order valence-electron chi connectivity index (χ4n) is 1.90. The Hall–Kier alpha value is -1.82. The Labute approximate surface area is 125 Å². The molecule has 1 rings (SSSR count). The van der Waals surface area contributed by atoms with Gasteiger partial charge >= 0.3 is 0 Å². The van der Waals surface area contributed by atoms with Crippen molar-refractivity contribution in [1.82, 2.24) is 10.2 Å². The molecular weight excluding hydrogens is 272 g/mol. The summed E-state index contributed by atoms with van der Waals surface area (Å²) < 4.78 is 9.81. The summed E-state index contributed by atoms with van der Waals surface area (Å²) in [5, 5.41) is 2.75. The summed E-state index contributed by atoms with van der Waals surface area (Å²) in [6.45, 7) is 6.03. The van der Waals surface area contributed by atoms with Gasteiger partial charge in [0.2, 0.25) is 5.91 Å². The van der Waals surface area contributed by atoms with Crippen LogP contribution in [0.5, 0.6) is 0 Å². The number of carbonyl (C=O) groups is 2. The van der Waals surface area contributed by atoms with Crippen molar-refractivity contribution in [3.63, 3.8) is 0 Å². The molecule has 1 aromatic heterocycles. The first-order chi connectivity index (χ1) is 10.0. The highest BCUT2D eigenvalue weighted by Crippen LogP contribution is 2.09. The van der Waals surface area contributed by atoms with E-state index in [1.165, 1.54) is 12.5 Å². The number of amides is 2. The van der Waals surface area contributed by atoms with E-state index in [0.717, 1.165) is 0 Å². The number of methoxy groups -OCH3 is 1. The van der Waals surface area contributed by atoms with E-state index in [2.05, 4.69) is 5.32 Å². The molecule has 118 valence electrons. The van der Waals surface area contributed by atoms with E-state index in [4.69, 9.17) is 9.15 Å². The monoisotopic (exact) mass is 296 g/mol. The third kappa shape index (κ3) is 6.44. The average molecular weight is 296 g/mol. The molecule has 0 atom stereocenters. The number of nitrogens with zero attached hydrogens (tertiary/aromatic N) is 1. The maximum atomic E-state index is 12.3.